The zero-order chi connectivity index (χ0) is 25.6. The highest BCUT2D eigenvalue weighted by atomic mass is 16.4. The largest absolute Gasteiger partial charge is 0.480 e. The number of aryl methyl sites for hydroxylation is 2. The summed E-state index contributed by atoms with van der Waals surface area (Å²) in [6, 6.07) is 9.26. The van der Waals surface area contributed by atoms with E-state index in [0.29, 0.717) is 31.8 Å². The molecule has 0 aromatic carbocycles. The smallest absolute Gasteiger partial charge is 0.326 e. The van der Waals surface area contributed by atoms with Crippen molar-refractivity contribution in [3.63, 3.8) is 0 Å². The SMILES string of the molecule is O=C(N[C@@H](CCN1CC[C@@H](CCc2ccc3c(n2)NCCC3)C1)C(=O)O)[C@H]1CCN(c2ccccn2)C1. The predicted molar refractivity (Wildman–Crippen MR) is 143 cm³/mol. The number of carbonyl (C=O) groups is 2. The van der Waals surface area contributed by atoms with Gasteiger partial charge in [-0.05, 0) is 81.2 Å². The maximum atomic E-state index is 12.8. The number of nitrogens with zero attached hydrogens (tertiary/aromatic N) is 4. The van der Waals surface area contributed by atoms with E-state index in [1.807, 2.05) is 18.2 Å². The molecule has 37 heavy (non-hydrogen) atoms. The van der Waals surface area contributed by atoms with E-state index < -0.39 is 12.0 Å². The highest BCUT2D eigenvalue weighted by molar-refractivity contribution is 5.85. The number of rotatable bonds is 10. The lowest BCUT2D eigenvalue weighted by molar-refractivity contribution is -0.142. The van der Waals surface area contributed by atoms with Gasteiger partial charge in [-0.15, -0.1) is 0 Å². The number of hydrogen-bond donors (Lipinski definition) is 3. The molecule has 3 N–H and O–H groups in total. The Morgan fingerprint density at radius 2 is 2.08 bits per heavy atom. The molecule has 3 aliphatic rings. The molecular weight excluding hydrogens is 468 g/mol. The molecule has 0 saturated carbocycles. The molecule has 3 aliphatic heterocycles. The van der Waals surface area contributed by atoms with Gasteiger partial charge < -0.3 is 25.5 Å². The molecule has 9 nitrogen and oxygen atoms in total. The Labute approximate surface area is 218 Å². The van der Waals surface area contributed by atoms with E-state index in [2.05, 4.69) is 37.6 Å². The van der Waals surface area contributed by atoms with Crippen molar-refractivity contribution in [2.24, 2.45) is 11.8 Å². The molecule has 2 aromatic heterocycles. The number of carbonyl (C=O) groups excluding carboxylic acids is 1. The Balaban J connectivity index is 1.04. The van der Waals surface area contributed by atoms with Crippen molar-refractivity contribution in [3.05, 3.63) is 47.8 Å². The standard InChI is InChI=1S/C28H38N6O3/c35-27(22-11-17-34(19-22)25-5-1-2-13-29-25)32-24(28(36)37)12-16-33-15-10-20(18-33)6-8-23-9-7-21-4-3-14-30-26(21)31-23/h1-2,5,7,9,13,20,22,24H,3-4,6,8,10-12,14-19H2,(H,30,31)(H,32,35)(H,36,37)/t20-,22+,24+/m1/s1. The normalized spacial score (nSPS) is 22.3. The number of carboxylic acids is 1. The molecule has 0 bridgehead atoms. The summed E-state index contributed by atoms with van der Waals surface area (Å²) in [5, 5.41) is 16.0. The topological polar surface area (TPSA) is 111 Å². The number of carboxylic acid groups (broad SMARTS) is 1. The zero-order valence-electron chi connectivity index (χ0n) is 21.4. The number of aromatic nitrogens is 2. The Kier molecular flexibility index (Phi) is 8.18. The second kappa shape index (κ2) is 11.9. The molecule has 198 valence electrons. The molecule has 0 spiro atoms. The first-order valence-corrected chi connectivity index (χ1v) is 13.7. The summed E-state index contributed by atoms with van der Waals surface area (Å²) in [5.74, 6) is 1.16. The lowest BCUT2D eigenvalue weighted by Crippen LogP contribution is -2.45. The van der Waals surface area contributed by atoms with Crippen LogP contribution in [0.3, 0.4) is 0 Å². The molecule has 9 heteroatoms. The number of likely N-dealkylation sites (tertiary alicyclic amines) is 1. The van der Waals surface area contributed by atoms with Crippen molar-refractivity contribution in [2.75, 3.05) is 49.5 Å². The van der Waals surface area contributed by atoms with Gasteiger partial charge in [0.2, 0.25) is 5.91 Å². The fourth-order valence-electron chi connectivity index (χ4n) is 5.79. The van der Waals surface area contributed by atoms with Crippen LogP contribution in [0.15, 0.2) is 36.5 Å². The maximum absolute atomic E-state index is 12.8. The van der Waals surface area contributed by atoms with Gasteiger partial charge in [0, 0.05) is 44.6 Å². The highest BCUT2D eigenvalue weighted by Gasteiger charge is 2.32. The minimum atomic E-state index is -0.962. The summed E-state index contributed by atoms with van der Waals surface area (Å²) >= 11 is 0. The molecule has 5 rings (SSSR count). The van der Waals surface area contributed by atoms with Gasteiger partial charge in [0.25, 0.3) is 0 Å². The molecule has 5 heterocycles. The van der Waals surface area contributed by atoms with Crippen LogP contribution in [0.2, 0.25) is 0 Å². The van der Waals surface area contributed by atoms with Crippen LogP contribution in [0.1, 0.15) is 43.4 Å². The molecule has 0 radical (unpaired) electrons. The van der Waals surface area contributed by atoms with Gasteiger partial charge in [0.05, 0.1) is 5.92 Å². The van der Waals surface area contributed by atoms with E-state index in [-0.39, 0.29) is 11.8 Å². The third-order valence-corrected chi connectivity index (χ3v) is 8.01. The van der Waals surface area contributed by atoms with Crippen molar-refractivity contribution in [2.45, 2.75) is 51.0 Å². The zero-order valence-corrected chi connectivity index (χ0v) is 21.4. The van der Waals surface area contributed by atoms with Crippen LogP contribution < -0.4 is 15.5 Å². The van der Waals surface area contributed by atoms with E-state index >= 15 is 0 Å². The van der Waals surface area contributed by atoms with Crippen molar-refractivity contribution < 1.29 is 14.7 Å². The summed E-state index contributed by atoms with van der Waals surface area (Å²) in [6.45, 7) is 4.96. The molecule has 0 aliphatic carbocycles. The lowest BCUT2D eigenvalue weighted by Gasteiger charge is -2.22. The maximum Gasteiger partial charge on any atom is 0.326 e. The van der Waals surface area contributed by atoms with Crippen LogP contribution in [-0.4, -0.2) is 77.2 Å². The minimum absolute atomic E-state index is 0.169. The first-order chi connectivity index (χ1) is 18.0. The summed E-state index contributed by atoms with van der Waals surface area (Å²) in [7, 11) is 0. The number of amides is 1. The third kappa shape index (κ3) is 6.57. The third-order valence-electron chi connectivity index (χ3n) is 8.01. The van der Waals surface area contributed by atoms with Gasteiger partial charge in [-0.2, -0.15) is 0 Å². The molecule has 3 atom stereocenters. The quantitative estimate of drug-likeness (QED) is 0.451. The molecule has 2 fully saturated rings. The number of fused-ring (bicyclic) bond motifs is 1. The van der Waals surface area contributed by atoms with Crippen LogP contribution in [0.4, 0.5) is 11.6 Å². The van der Waals surface area contributed by atoms with Crippen molar-refractivity contribution in [1.82, 2.24) is 20.2 Å². The van der Waals surface area contributed by atoms with Crippen molar-refractivity contribution in [3.8, 4) is 0 Å². The fourth-order valence-corrected chi connectivity index (χ4v) is 5.79. The van der Waals surface area contributed by atoms with Crippen LogP contribution >= 0.6 is 0 Å². The van der Waals surface area contributed by atoms with Gasteiger partial charge in [-0.3, -0.25) is 4.79 Å². The molecular formula is C28H38N6O3. The fraction of sp³-hybridized carbons (Fsp3) is 0.571. The number of pyridine rings is 2. The van der Waals surface area contributed by atoms with Crippen molar-refractivity contribution in [1.29, 1.82) is 0 Å². The van der Waals surface area contributed by atoms with Gasteiger partial charge >= 0.3 is 5.97 Å². The van der Waals surface area contributed by atoms with Crippen LogP contribution in [-0.2, 0) is 22.4 Å². The van der Waals surface area contributed by atoms with Gasteiger partial charge in [-0.1, -0.05) is 12.1 Å². The lowest BCUT2D eigenvalue weighted by atomic mass is 10.00. The predicted octanol–water partition coefficient (Wildman–Crippen LogP) is 2.58. The van der Waals surface area contributed by atoms with E-state index in [4.69, 9.17) is 4.98 Å². The van der Waals surface area contributed by atoms with Gasteiger partial charge in [0.15, 0.2) is 0 Å². The molecule has 0 unspecified atom stereocenters. The Hall–Kier alpha value is -3.20. The number of hydrogen-bond acceptors (Lipinski definition) is 7. The van der Waals surface area contributed by atoms with Gasteiger partial charge in [-0.25, -0.2) is 14.8 Å². The Morgan fingerprint density at radius 3 is 2.92 bits per heavy atom. The second-order valence-corrected chi connectivity index (χ2v) is 10.6. The second-order valence-electron chi connectivity index (χ2n) is 10.6. The monoisotopic (exact) mass is 506 g/mol. The Morgan fingerprint density at radius 1 is 1.16 bits per heavy atom. The average molecular weight is 507 g/mol. The number of nitrogens with one attached hydrogen (secondary N) is 2. The summed E-state index contributed by atoms with van der Waals surface area (Å²) in [5.41, 5.74) is 2.47. The van der Waals surface area contributed by atoms with Gasteiger partial charge in [0.1, 0.15) is 17.7 Å². The van der Waals surface area contributed by atoms with Crippen LogP contribution in [0.25, 0.3) is 0 Å². The number of anilines is 2. The van der Waals surface area contributed by atoms with Crippen LogP contribution in [0.5, 0.6) is 0 Å². The molecule has 2 aromatic rings. The first kappa shape index (κ1) is 25.4. The van der Waals surface area contributed by atoms with E-state index in [1.165, 1.54) is 12.0 Å². The average Bonchev–Trinajstić information content (AvgIpc) is 3.60. The summed E-state index contributed by atoms with van der Waals surface area (Å²) in [6.07, 6.45) is 8.33. The minimum Gasteiger partial charge on any atom is -0.480 e. The van der Waals surface area contributed by atoms with Crippen molar-refractivity contribution >= 4 is 23.5 Å². The summed E-state index contributed by atoms with van der Waals surface area (Å²) in [4.78, 5) is 38.4. The highest BCUT2D eigenvalue weighted by Crippen LogP contribution is 2.25. The van der Waals surface area contributed by atoms with Crippen LogP contribution in [0, 0.1) is 11.8 Å². The molecule has 2 saturated heterocycles. The molecule has 1 amide bonds. The number of aliphatic carboxylic acids is 1. The van der Waals surface area contributed by atoms with E-state index in [9.17, 15) is 14.7 Å². The Bertz CT molecular complexity index is 1080. The van der Waals surface area contributed by atoms with E-state index in [1.54, 1.807) is 6.20 Å². The first-order valence-electron chi connectivity index (χ1n) is 13.7. The summed E-state index contributed by atoms with van der Waals surface area (Å²) < 4.78 is 0. The van der Waals surface area contributed by atoms with E-state index in [0.717, 1.165) is 69.2 Å².